The number of fused-ring (bicyclic) bond motifs is 1. The fourth-order valence-electron chi connectivity index (χ4n) is 3.89. The van der Waals surface area contributed by atoms with Gasteiger partial charge in [0.1, 0.15) is 11.6 Å². The number of ether oxygens (including phenoxy) is 1. The normalized spacial score (nSPS) is 13.8. The van der Waals surface area contributed by atoms with Gasteiger partial charge < -0.3 is 9.64 Å². The van der Waals surface area contributed by atoms with E-state index in [4.69, 9.17) is 9.72 Å². The van der Waals surface area contributed by atoms with Crippen molar-refractivity contribution < 1.29 is 18.3 Å². The number of carbonyl (C=O) groups excluding carboxylic acids is 1. The maximum atomic E-state index is 13.5. The fourth-order valence-corrected chi connectivity index (χ4v) is 4.86. The van der Waals surface area contributed by atoms with Gasteiger partial charge >= 0.3 is 0 Å². The summed E-state index contributed by atoms with van der Waals surface area (Å²) in [6.07, 6.45) is 0. The standard InChI is InChI=1S/C26H21F2N3O3S/c27-19-4-1-17(2-5-19)16-35-26-29-23-15-18(24(32)30-11-13-34-14-12-30)3-10-22(23)25(33)31(26)21-8-6-20(28)7-9-21/h1-10,15H,11-14,16H2. The first-order valence-electron chi connectivity index (χ1n) is 11.1. The van der Waals surface area contributed by atoms with Crippen molar-refractivity contribution in [3.8, 4) is 5.69 Å². The van der Waals surface area contributed by atoms with Crippen molar-refractivity contribution in [3.05, 3.63) is 99.8 Å². The topological polar surface area (TPSA) is 64.4 Å². The van der Waals surface area contributed by atoms with Crippen LogP contribution >= 0.6 is 11.8 Å². The summed E-state index contributed by atoms with van der Waals surface area (Å²) in [7, 11) is 0. The fraction of sp³-hybridized carbons (Fsp3) is 0.192. The molecule has 0 bridgehead atoms. The predicted molar refractivity (Wildman–Crippen MR) is 130 cm³/mol. The zero-order valence-corrected chi connectivity index (χ0v) is 19.4. The number of hydrogen-bond acceptors (Lipinski definition) is 5. The highest BCUT2D eigenvalue weighted by Crippen LogP contribution is 2.25. The third-order valence-corrected chi connectivity index (χ3v) is 6.76. The number of thioether (sulfide) groups is 1. The van der Waals surface area contributed by atoms with Crippen LogP contribution in [0.15, 0.2) is 76.7 Å². The van der Waals surface area contributed by atoms with Gasteiger partial charge in [-0.3, -0.25) is 14.2 Å². The molecule has 1 aromatic heterocycles. The average Bonchev–Trinajstić information content (AvgIpc) is 2.89. The highest BCUT2D eigenvalue weighted by molar-refractivity contribution is 7.98. The Hall–Kier alpha value is -3.56. The van der Waals surface area contributed by atoms with Crippen LogP contribution in [0.4, 0.5) is 8.78 Å². The van der Waals surface area contributed by atoms with E-state index >= 15 is 0 Å². The molecular formula is C26H21F2N3O3S. The van der Waals surface area contributed by atoms with Crippen LogP contribution in [0.3, 0.4) is 0 Å². The van der Waals surface area contributed by atoms with Crippen molar-refractivity contribution in [1.82, 2.24) is 14.5 Å². The van der Waals surface area contributed by atoms with Crippen LogP contribution in [-0.4, -0.2) is 46.7 Å². The number of benzene rings is 3. The third-order valence-electron chi connectivity index (χ3n) is 5.75. The molecule has 0 unspecified atom stereocenters. The lowest BCUT2D eigenvalue weighted by Crippen LogP contribution is -2.40. The lowest BCUT2D eigenvalue weighted by atomic mass is 10.1. The Morgan fingerprint density at radius 2 is 1.60 bits per heavy atom. The maximum absolute atomic E-state index is 13.5. The second-order valence-corrected chi connectivity index (χ2v) is 9.01. The van der Waals surface area contributed by atoms with Crippen molar-refractivity contribution in [2.24, 2.45) is 0 Å². The first-order valence-corrected chi connectivity index (χ1v) is 12.1. The molecule has 0 aliphatic carbocycles. The molecule has 3 aromatic carbocycles. The van der Waals surface area contributed by atoms with Gasteiger partial charge in [0.25, 0.3) is 11.5 Å². The van der Waals surface area contributed by atoms with Gasteiger partial charge in [0, 0.05) is 24.4 Å². The number of carbonyl (C=O) groups is 1. The van der Waals surface area contributed by atoms with Crippen molar-refractivity contribution >= 4 is 28.6 Å². The molecule has 0 spiro atoms. The summed E-state index contributed by atoms with van der Waals surface area (Å²) in [5.41, 5.74) is 1.84. The van der Waals surface area contributed by atoms with Crippen molar-refractivity contribution in [2.75, 3.05) is 26.3 Å². The maximum Gasteiger partial charge on any atom is 0.266 e. The summed E-state index contributed by atoms with van der Waals surface area (Å²) in [4.78, 5) is 32.9. The molecule has 0 N–H and O–H groups in total. The van der Waals surface area contributed by atoms with E-state index in [-0.39, 0.29) is 17.3 Å². The molecule has 1 aliphatic rings. The quantitative estimate of drug-likeness (QED) is 0.304. The molecule has 1 aliphatic heterocycles. The second-order valence-electron chi connectivity index (χ2n) is 8.06. The molecule has 0 atom stereocenters. The van der Waals surface area contributed by atoms with E-state index in [1.165, 1.54) is 52.7 Å². The highest BCUT2D eigenvalue weighted by Gasteiger charge is 2.20. The van der Waals surface area contributed by atoms with E-state index in [1.807, 2.05) is 0 Å². The molecule has 35 heavy (non-hydrogen) atoms. The largest absolute Gasteiger partial charge is 0.378 e. The van der Waals surface area contributed by atoms with Crippen LogP contribution in [0, 0.1) is 11.6 Å². The van der Waals surface area contributed by atoms with Crippen molar-refractivity contribution in [3.63, 3.8) is 0 Å². The van der Waals surface area contributed by atoms with Crippen molar-refractivity contribution in [1.29, 1.82) is 0 Å². The highest BCUT2D eigenvalue weighted by atomic mass is 32.2. The first kappa shape index (κ1) is 23.2. The van der Waals surface area contributed by atoms with Gasteiger partial charge in [0.2, 0.25) is 0 Å². The molecule has 5 rings (SSSR count). The average molecular weight is 494 g/mol. The van der Waals surface area contributed by atoms with E-state index in [2.05, 4.69) is 0 Å². The van der Waals surface area contributed by atoms with Crippen LogP contribution < -0.4 is 5.56 Å². The Kier molecular flexibility index (Phi) is 6.61. The summed E-state index contributed by atoms with van der Waals surface area (Å²) in [6, 6.07) is 16.5. The summed E-state index contributed by atoms with van der Waals surface area (Å²) in [5.74, 6) is -0.447. The summed E-state index contributed by atoms with van der Waals surface area (Å²) < 4.78 is 33.6. The van der Waals surface area contributed by atoms with Gasteiger partial charge in [-0.15, -0.1) is 0 Å². The Balaban J connectivity index is 1.57. The van der Waals surface area contributed by atoms with E-state index in [0.717, 1.165) is 5.56 Å². The Morgan fingerprint density at radius 3 is 2.29 bits per heavy atom. The summed E-state index contributed by atoms with van der Waals surface area (Å²) in [5, 5.41) is 0.730. The number of hydrogen-bond donors (Lipinski definition) is 0. The second kappa shape index (κ2) is 9.97. The van der Waals surface area contributed by atoms with Crippen LogP contribution in [0.1, 0.15) is 15.9 Å². The van der Waals surface area contributed by atoms with Crippen LogP contribution in [0.5, 0.6) is 0 Å². The molecule has 178 valence electrons. The molecule has 1 fully saturated rings. The van der Waals surface area contributed by atoms with Gasteiger partial charge in [-0.1, -0.05) is 23.9 Å². The first-order chi connectivity index (χ1) is 17.0. The third kappa shape index (κ3) is 4.96. The molecule has 1 amide bonds. The van der Waals surface area contributed by atoms with Crippen LogP contribution in [0.25, 0.3) is 16.6 Å². The molecular weight excluding hydrogens is 472 g/mol. The lowest BCUT2D eigenvalue weighted by molar-refractivity contribution is 0.0303. The number of aromatic nitrogens is 2. The minimum Gasteiger partial charge on any atom is -0.378 e. The zero-order valence-electron chi connectivity index (χ0n) is 18.6. The predicted octanol–water partition coefficient (Wildman–Crippen LogP) is 4.43. The molecule has 0 radical (unpaired) electrons. The SMILES string of the molecule is O=C(c1ccc2c(=O)n(-c3ccc(F)cc3)c(SCc3ccc(F)cc3)nc2c1)N1CCOCC1. The van der Waals surface area contributed by atoms with Gasteiger partial charge in [0.15, 0.2) is 5.16 Å². The van der Waals surface area contributed by atoms with Crippen LogP contribution in [0.2, 0.25) is 0 Å². The van der Waals surface area contributed by atoms with Crippen molar-refractivity contribution in [2.45, 2.75) is 10.9 Å². The zero-order chi connectivity index (χ0) is 24.4. The minimum atomic E-state index is -0.415. The van der Waals surface area contributed by atoms with E-state index < -0.39 is 5.82 Å². The molecule has 0 saturated carbocycles. The van der Waals surface area contributed by atoms with Crippen LogP contribution in [-0.2, 0) is 10.5 Å². The Bertz CT molecular complexity index is 1430. The van der Waals surface area contributed by atoms with Gasteiger partial charge in [0.05, 0.1) is 29.8 Å². The van der Waals surface area contributed by atoms with E-state index in [0.29, 0.717) is 59.4 Å². The van der Waals surface area contributed by atoms with Gasteiger partial charge in [-0.2, -0.15) is 0 Å². The summed E-state index contributed by atoms with van der Waals surface area (Å²) >= 11 is 1.30. The monoisotopic (exact) mass is 493 g/mol. The number of amides is 1. The molecule has 1 saturated heterocycles. The summed E-state index contributed by atoms with van der Waals surface area (Å²) in [6.45, 7) is 2.00. The smallest absolute Gasteiger partial charge is 0.266 e. The number of halogens is 2. The Morgan fingerprint density at radius 1 is 0.943 bits per heavy atom. The number of rotatable bonds is 5. The van der Waals surface area contributed by atoms with E-state index in [9.17, 15) is 18.4 Å². The molecule has 6 nitrogen and oxygen atoms in total. The van der Waals surface area contributed by atoms with Gasteiger partial charge in [-0.25, -0.2) is 13.8 Å². The lowest BCUT2D eigenvalue weighted by Gasteiger charge is -2.26. The molecule has 2 heterocycles. The van der Waals surface area contributed by atoms with E-state index in [1.54, 1.807) is 35.2 Å². The van der Waals surface area contributed by atoms with Gasteiger partial charge in [-0.05, 0) is 60.2 Å². The minimum absolute atomic E-state index is 0.139. The number of nitrogens with zero attached hydrogens (tertiary/aromatic N) is 3. The molecule has 9 heteroatoms. The molecule has 4 aromatic rings. The Labute approximate surface area is 204 Å². The number of morpholine rings is 1.